The maximum absolute atomic E-state index is 5.80. The van der Waals surface area contributed by atoms with Crippen LogP contribution >= 0.6 is 15.9 Å². The van der Waals surface area contributed by atoms with Crippen LogP contribution in [0, 0.1) is 0 Å². The number of benzene rings is 1. The van der Waals surface area contributed by atoms with Crippen molar-refractivity contribution in [1.29, 1.82) is 0 Å². The first-order chi connectivity index (χ1) is 6.75. The highest BCUT2D eigenvalue weighted by Crippen LogP contribution is 2.21. The number of hydrogen-bond donors (Lipinski definition) is 2. The van der Waals surface area contributed by atoms with Gasteiger partial charge in [0.15, 0.2) is 0 Å². The van der Waals surface area contributed by atoms with Gasteiger partial charge in [0.2, 0.25) is 0 Å². The van der Waals surface area contributed by atoms with Crippen molar-refractivity contribution in [1.82, 2.24) is 5.32 Å². The first kappa shape index (κ1) is 9.99. The smallest absolute Gasteiger partial charge is 0.0461 e. The Bertz CT molecular complexity index is 321. The molecule has 0 radical (unpaired) electrons. The van der Waals surface area contributed by atoms with Crippen molar-refractivity contribution in [2.45, 2.75) is 31.8 Å². The summed E-state index contributed by atoms with van der Waals surface area (Å²) in [5.74, 6) is 0. The van der Waals surface area contributed by atoms with Crippen molar-refractivity contribution in [3.05, 3.63) is 28.2 Å². The van der Waals surface area contributed by atoms with Crippen molar-refractivity contribution < 1.29 is 0 Å². The van der Waals surface area contributed by atoms with Crippen molar-refractivity contribution in [2.24, 2.45) is 0 Å². The minimum Gasteiger partial charge on any atom is -0.398 e. The highest BCUT2D eigenvalue weighted by atomic mass is 79.9. The Kier molecular flexibility index (Phi) is 3.08. The van der Waals surface area contributed by atoms with Crippen molar-refractivity contribution in [3.63, 3.8) is 0 Å². The number of nitrogens with two attached hydrogens (primary N) is 1. The predicted molar refractivity (Wildman–Crippen MR) is 63.0 cm³/mol. The third-order valence-electron chi connectivity index (χ3n) is 2.76. The van der Waals surface area contributed by atoms with Crippen LogP contribution in [0.3, 0.4) is 0 Å². The molecule has 0 aromatic heterocycles. The monoisotopic (exact) mass is 254 g/mol. The Morgan fingerprint density at radius 3 is 2.79 bits per heavy atom. The minimum atomic E-state index is 0.736. The molecule has 3 heteroatoms. The summed E-state index contributed by atoms with van der Waals surface area (Å²) < 4.78 is 0.977. The summed E-state index contributed by atoms with van der Waals surface area (Å²) in [6.07, 6.45) is 4.03. The van der Waals surface area contributed by atoms with Crippen LogP contribution < -0.4 is 11.1 Å². The molecule has 1 aliphatic rings. The third-order valence-corrected chi connectivity index (χ3v) is 3.48. The number of nitrogens with one attached hydrogen (secondary N) is 1. The summed E-state index contributed by atoms with van der Waals surface area (Å²) in [5.41, 5.74) is 7.88. The van der Waals surface area contributed by atoms with Gasteiger partial charge in [-0.25, -0.2) is 0 Å². The molecule has 1 fully saturated rings. The van der Waals surface area contributed by atoms with Crippen LogP contribution in [-0.2, 0) is 6.54 Å². The summed E-state index contributed by atoms with van der Waals surface area (Å²) in [6, 6.07) is 6.87. The van der Waals surface area contributed by atoms with Gasteiger partial charge in [-0.3, -0.25) is 0 Å². The highest BCUT2D eigenvalue weighted by molar-refractivity contribution is 9.10. The Morgan fingerprint density at radius 1 is 1.43 bits per heavy atom. The molecule has 3 N–H and O–H groups in total. The molecule has 76 valence electrons. The second kappa shape index (κ2) is 4.32. The van der Waals surface area contributed by atoms with Gasteiger partial charge in [0.1, 0.15) is 0 Å². The van der Waals surface area contributed by atoms with E-state index in [2.05, 4.69) is 27.3 Å². The van der Waals surface area contributed by atoms with Gasteiger partial charge in [0.05, 0.1) is 0 Å². The van der Waals surface area contributed by atoms with Gasteiger partial charge < -0.3 is 11.1 Å². The lowest BCUT2D eigenvalue weighted by molar-refractivity contribution is 0.338. The van der Waals surface area contributed by atoms with E-state index in [1.165, 1.54) is 24.8 Å². The van der Waals surface area contributed by atoms with E-state index in [0.29, 0.717) is 0 Å². The number of anilines is 1. The SMILES string of the molecule is Nc1cc(CNC2CCC2)ccc1Br. The van der Waals surface area contributed by atoms with Crippen LogP contribution in [0.5, 0.6) is 0 Å². The van der Waals surface area contributed by atoms with Crippen molar-refractivity contribution in [3.8, 4) is 0 Å². The zero-order chi connectivity index (χ0) is 9.97. The average molecular weight is 255 g/mol. The standard InChI is InChI=1S/C11H15BrN2/c12-10-5-4-8(6-11(10)13)7-14-9-2-1-3-9/h4-6,9,14H,1-3,7,13H2. The van der Waals surface area contributed by atoms with E-state index in [4.69, 9.17) is 5.73 Å². The fourth-order valence-corrected chi connectivity index (χ4v) is 1.82. The number of halogens is 1. The average Bonchev–Trinajstić information content (AvgIpc) is 2.08. The molecule has 1 saturated carbocycles. The fourth-order valence-electron chi connectivity index (χ4n) is 1.58. The summed E-state index contributed by atoms with van der Waals surface area (Å²) >= 11 is 3.39. The Balaban J connectivity index is 1.91. The van der Waals surface area contributed by atoms with Crippen LogP contribution in [0.25, 0.3) is 0 Å². The number of rotatable bonds is 3. The number of nitrogen functional groups attached to an aromatic ring is 1. The van der Waals surface area contributed by atoms with Crippen LogP contribution in [0.2, 0.25) is 0 Å². The van der Waals surface area contributed by atoms with Gasteiger partial charge in [-0.2, -0.15) is 0 Å². The van der Waals surface area contributed by atoms with E-state index < -0.39 is 0 Å². The lowest BCUT2D eigenvalue weighted by Crippen LogP contribution is -2.34. The van der Waals surface area contributed by atoms with Crippen LogP contribution in [0.15, 0.2) is 22.7 Å². The molecule has 14 heavy (non-hydrogen) atoms. The summed E-state index contributed by atoms with van der Waals surface area (Å²) in [5, 5.41) is 3.51. The summed E-state index contributed by atoms with van der Waals surface area (Å²) in [4.78, 5) is 0. The highest BCUT2D eigenvalue weighted by Gasteiger charge is 2.15. The predicted octanol–water partition coefficient (Wildman–Crippen LogP) is 2.67. The second-order valence-corrected chi connectivity index (χ2v) is 4.72. The van der Waals surface area contributed by atoms with Gasteiger partial charge in [-0.05, 0) is 46.5 Å². The van der Waals surface area contributed by atoms with Gasteiger partial charge in [-0.1, -0.05) is 12.5 Å². The van der Waals surface area contributed by atoms with E-state index in [-0.39, 0.29) is 0 Å². The van der Waals surface area contributed by atoms with E-state index >= 15 is 0 Å². The zero-order valence-corrected chi connectivity index (χ0v) is 9.68. The largest absolute Gasteiger partial charge is 0.398 e. The molecule has 0 unspecified atom stereocenters. The molecule has 0 bridgehead atoms. The number of hydrogen-bond acceptors (Lipinski definition) is 2. The van der Waals surface area contributed by atoms with Crippen molar-refractivity contribution in [2.75, 3.05) is 5.73 Å². The molecule has 1 aromatic carbocycles. The first-order valence-electron chi connectivity index (χ1n) is 5.03. The molecule has 2 rings (SSSR count). The molecule has 0 aliphatic heterocycles. The van der Waals surface area contributed by atoms with E-state index in [9.17, 15) is 0 Å². The molecule has 2 nitrogen and oxygen atoms in total. The van der Waals surface area contributed by atoms with Gasteiger partial charge in [-0.15, -0.1) is 0 Å². The normalized spacial score (nSPS) is 16.6. The molecular weight excluding hydrogens is 240 g/mol. The topological polar surface area (TPSA) is 38.0 Å². The molecule has 0 saturated heterocycles. The Hall–Kier alpha value is -0.540. The van der Waals surface area contributed by atoms with Crippen LogP contribution in [-0.4, -0.2) is 6.04 Å². The summed E-state index contributed by atoms with van der Waals surface area (Å²) in [7, 11) is 0. The Labute approximate surface area is 93.0 Å². The first-order valence-corrected chi connectivity index (χ1v) is 5.82. The van der Waals surface area contributed by atoms with Gasteiger partial charge in [0, 0.05) is 22.7 Å². The molecular formula is C11H15BrN2. The molecule has 0 atom stereocenters. The van der Waals surface area contributed by atoms with E-state index in [0.717, 1.165) is 22.7 Å². The Morgan fingerprint density at radius 2 is 2.21 bits per heavy atom. The maximum Gasteiger partial charge on any atom is 0.0461 e. The fraction of sp³-hybridized carbons (Fsp3) is 0.455. The van der Waals surface area contributed by atoms with Gasteiger partial charge in [0.25, 0.3) is 0 Å². The van der Waals surface area contributed by atoms with Crippen LogP contribution in [0.1, 0.15) is 24.8 Å². The quantitative estimate of drug-likeness (QED) is 0.815. The molecule has 0 amide bonds. The van der Waals surface area contributed by atoms with Crippen molar-refractivity contribution >= 4 is 21.6 Å². The lowest BCUT2D eigenvalue weighted by Gasteiger charge is -2.26. The van der Waals surface area contributed by atoms with E-state index in [1.54, 1.807) is 0 Å². The second-order valence-electron chi connectivity index (χ2n) is 3.86. The third kappa shape index (κ3) is 2.28. The lowest BCUT2D eigenvalue weighted by atomic mass is 9.93. The van der Waals surface area contributed by atoms with Crippen LogP contribution in [0.4, 0.5) is 5.69 Å². The zero-order valence-electron chi connectivity index (χ0n) is 8.09. The minimum absolute atomic E-state index is 0.736. The maximum atomic E-state index is 5.80. The molecule has 0 heterocycles. The van der Waals surface area contributed by atoms with Gasteiger partial charge >= 0.3 is 0 Å². The molecule has 1 aromatic rings. The molecule has 0 spiro atoms. The summed E-state index contributed by atoms with van der Waals surface area (Å²) in [6.45, 7) is 0.933. The molecule has 1 aliphatic carbocycles. The van der Waals surface area contributed by atoms with E-state index in [1.807, 2.05) is 12.1 Å².